The van der Waals surface area contributed by atoms with Gasteiger partial charge in [0.25, 0.3) is 17.7 Å². The number of hydrogen-bond acceptors (Lipinski definition) is 5. The highest BCUT2D eigenvalue weighted by atomic mass is 32.2. The van der Waals surface area contributed by atoms with E-state index in [0.29, 0.717) is 18.6 Å². The van der Waals surface area contributed by atoms with Gasteiger partial charge in [-0.15, -0.1) is 0 Å². The predicted molar refractivity (Wildman–Crippen MR) is 79.0 cm³/mol. The summed E-state index contributed by atoms with van der Waals surface area (Å²) in [6, 6.07) is 2.63. The number of rotatable bonds is 5. The van der Waals surface area contributed by atoms with Crippen molar-refractivity contribution in [1.29, 1.82) is 0 Å². The van der Waals surface area contributed by atoms with Gasteiger partial charge in [0, 0.05) is 24.9 Å². The van der Waals surface area contributed by atoms with Crippen molar-refractivity contribution in [1.82, 2.24) is 10.2 Å². The van der Waals surface area contributed by atoms with Crippen LogP contribution >= 0.6 is 11.8 Å². The SMILES string of the molecule is CNC(=O)c1cc2c(cc1C=O)C(=O)N(CCSC)C2=O. The van der Waals surface area contributed by atoms with Crippen molar-refractivity contribution in [3.63, 3.8) is 0 Å². The van der Waals surface area contributed by atoms with E-state index >= 15 is 0 Å². The van der Waals surface area contributed by atoms with Gasteiger partial charge in [0.05, 0.1) is 16.7 Å². The third-order valence-electron chi connectivity index (χ3n) is 3.26. The molecule has 21 heavy (non-hydrogen) atoms. The lowest BCUT2D eigenvalue weighted by molar-refractivity contribution is 0.0664. The molecule has 0 bridgehead atoms. The lowest BCUT2D eigenvalue weighted by Gasteiger charge is -2.12. The number of thioether (sulfide) groups is 1. The molecule has 0 saturated carbocycles. The Balaban J connectivity index is 2.49. The van der Waals surface area contributed by atoms with Gasteiger partial charge in [-0.1, -0.05) is 0 Å². The molecule has 1 aliphatic rings. The van der Waals surface area contributed by atoms with Gasteiger partial charge in [0.15, 0.2) is 6.29 Å². The monoisotopic (exact) mass is 306 g/mol. The molecule has 1 aliphatic heterocycles. The van der Waals surface area contributed by atoms with E-state index in [4.69, 9.17) is 0 Å². The fourth-order valence-corrected chi connectivity index (χ4v) is 2.53. The molecule has 7 heteroatoms. The Labute approximate surface area is 125 Å². The maximum absolute atomic E-state index is 12.3. The predicted octanol–water partition coefficient (Wildman–Crippen LogP) is 0.818. The molecule has 0 unspecified atom stereocenters. The maximum atomic E-state index is 12.3. The first kappa shape index (κ1) is 15.2. The normalized spacial score (nSPS) is 13.3. The number of carbonyl (C=O) groups is 4. The Hall–Kier alpha value is -2.15. The van der Waals surface area contributed by atoms with Crippen molar-refractivity contribution in [2.75, 3.05) is 25.6 Å². The fraction of sp³-hybridized carbons (Fsp3) is 0.286. The number of amides is 3. The zero-order chi connectivity index (χ0) is 15.6. The average Bonchev–Trinajstić information content (AvgIpc) is 2.74. The number of aldehydes is 1. The van der Waals surface area contributed by atoms with E-state index in [0.717, 1.165) is 4.90 Å². The summed E-state index contributed by atoms with van der Waals surface area (Å²) in [5, 5.41) is 2.41. The van der Waals surface area contributed by atoms with Crippen molar-refractivity contribution >= 4 is 35.8 Å². The first-order valence-electron chi connectivity index (χ1n) is 6.25. The second kappa shape index (κ2) is 6.09. The standard InChI is InChI=1S/C14H14N2O4S/c1-15-12(18)9-6-11-10(5-8(9)7-17)13(19)16(14(11)20)3-4-21-2/h5-7H,3-4H2,1-2H3,(H,15,18). The Morgan fingerprint density at radius 2 is 1.90 bits per heavy atom. The zero-order valence-electron chi connectivity index (χ0n) is 11.6. The molecule has 1 aromatic carbocycles. The molecular formula is C14H14N2O4S. The molecule has 1 heterocycles. The zero-order valence-corrected chi connectivity index (χ0v) is 12.5. The van der Waals surface area contributed by atoms with Gasteiger partial charge < -0.3 is 5.32 Å². The Morgan fingerprint density at radius 1 is 1.29 bits per heavy atom. The summed E-state index contributed by atoms with van der Waals surface area (Å²) in [6.45, 7) is 0.305. The van der Waals surface area contributed by atoms with Gasteiger partial charge in [0.2, 0.25) is 0 Å². The van der Waals surface area contributed by atoms with E-state index < -0.39 is 17.7 Å². The number of fused-ring (bicyclic) bond motifs is 1. The van der Waals surface area contributed by atoms with Crippen molar-refractivity contribution in [2.24, 2.45) is 0 Å². The molecule has 2 rings (SSSR count). The van der Waals surface area contributed by atoms with Crippen LogP contribution in [0.1, 0.15) is 41.4 Å². The molecule has 0 saturated heterocycles. The van der Waals surface area contributed by atoms with Crippen LogP contribution in [0, 0.1) is 0 Å². The largest absolute Gasteiger partial charge is 0.355 e. The Morgan fingerprint density at radius 3 is 2.43 bits per heavy atom. The van der Waals surface area contributed by atoms with Gasteiger partial charge >= 0.3 is 0 Å². The van der Waals surface area contributed by atoms with E-state index in [1.165, 1.54) is 30.9 Å². The molecule has 0 spiro atoms. The number of imide groups is 1. The van der Waals surface area contributed by atoms with Gasteiger partial charge in [-0.2, -0.15) is 11.8 Å². The van der Waals surface area contributed by atoms with Crippen LogP contribution in [0.3, 0.4) is 0 Å². The minimum absolute atomic E-state index is 0.0964. The van der Waals surface area contributed by atoms with Crippen LogP contribution in [-0.4, -0.2) is 54.5 Å². The Kier molecular flexibility index (Phi) is 4.42. The highest BCUT2D eigenvalue weighted by Gasteiger charge is 2.36. The minimum atomic E-state index is -0.470. The van der Waals surface area contributed by atoms with E-state index in [2.05, 4.69) is 5.32 Å². The van der Waals surface area contributed by atoms with Gasteiger partial charge in [0.1, 0.15) is 0 Å². The number of nitrogens with one attached hydrogen (secondary N) is 1. The molecule has 1 aromatic rings. The topological polar surface area (TPSA) is 83.6 Å². The summed E-state index contributed by atoms with van der Waals surface area (Å²) in [6.07, 6.45) is 2.39. The summed E-state index contributed by atoms with van der Waals surface area (Å²) in [7, 11) is 1.43. The first-order valence-corrected chi connectivity index (χ1v) is 7.65. The summed E-state index contributed by atoms with van der Waals surface area (Å²) in [5.74, 6) is -0.682. The second-order valence-electron chi connectivity index (χ2n) is 4.44. The van der Waals surface area contributed by atoms with Crippen LogP contribution in [-0.2, 0) is 0 Å². The van der Waals surface area contributed by atoms with Gasteiger partial charge in [-0.25, -0.2) is 0 Å². The third kappa shape index (κ3) is 2.56. The molecule has 0 atom stereocenters. The summed E-state index contributed by atoms with van der Waals surface area (Å²) >= 11 is 1.52. The number of carbonyl (C=O) groups excluding carboxylic acids is 4. The lowest BCUT2D eigenvalue weighted by Crippen LogP contribution is -2.31. The van der Waals surface area contributed by atoms with Crippen LogP contribution in [0.15, 0.2) is 12.1 Å². The highest BCUT2D eigenvalue weighted by molar-refractivity contribution is 7.98. The van der Waals surface area contributed by atoms with Crippen LogP contribution in [0.25, 0.3) is 0 Å². The quantitative estimate of drug-likeness (QED) is 0.643. The molecule has 6 nitrogen and oxygen atoms in total. The summed E-state index contributed by atoms with van der Waals surface area (Å²) < 4.78 is 0. The molecule has 0 fully saturated rings. The fourth-order valence-electron chi connectivity index (χ4n) is 2.17. The molecule has 3 amide bonds. The van der Waals surface area contributed by atoms with Crippen molar-refractivity contribution in [3.8, 4) is 0 Å². The van der Waals surface area contributed by atoms with Crippen LogP contribution in [0.4, 0.5) is 0 Å². The van der Waals surface area contributed by atoms with Crippen molar-refractivity contribution in [3.05, 3.63) is 34.4 Å². The van der Waals surface area contributed by atoms with E-state index in [-0.39, 0.29) is 22.3 Å². The molecular weight excluding hydrogens is 292 g/mol. The molecule has 110 valence electrons. The summed E-state index contributed by atoms with van der Waals surface area (Å²) in [4.78, 5) is 48.5. The summed E-state index contributed by atoms with van der Waals surface area (Å²) in [5.41, 5.74) is 0.543. The van der Waals surface area contributed by atoms with Gasteiger partial charge in [-0.3, -0.25) is 24.1 Å². The molecule has 0 radical (unpaired) electrons. The van der Waals surface area contributed by atoms with Crippen molar-refractivity contribution < 1.29 is 19.2 Å². The second-order valence-corrected chi connectivity index (χ2v) is 5.42. The van der Waals surface area contributed by atoms with E-state index in [1.54, 1.807) is 0 Å². The van der Waals surface area contributed by atoms with E-state index in [9.17, 15) is 19.2 Å². The Bertz CT molecular complexity index is 642. The smallest absolute Gasteiger partial charge is 0.261 e. The molecule has 0 aromatic heterocycles. The maximum Gasteiger partial charge on any atom is 0.261 e. The average molecular weight is 306 g/mol. The van der Waals surface area contributed by atoms with E-state index in [1.807, 2.05) is 6.26 Å². The van der Waals surface area contributed by atoms with Gasteiger partial charge in [-0.05, 0) is 18.4 Å². The van der Waals surface area contributed by atoms with Crippen LogP contribution in [0.5, 0.6) is 0 Å². The minimum Gasteiger partial charge on any atom is -0.355 e. The number of hydrogen-bond donors (Lipinski definition) is 1. The molecule has 0 aliphatic carbocycles. The highest BCUT2D eigenvalue weighted by Crippen LogP contribution is 2.26. The van der Waals surface area contributed by atoms with Crippen molar-refractivity contribution in [2.45, 2.75) is 0 Å². The third-order valence-corrected chi connectivity index (χ3v) is 3.85. The van der Waals surface area contributed by atoms with Crippen LogP contribution in [0.2, 0.25) is 0 Å². The van der Waals surface area contributed by atoms with Crippen LogP contribution < -0.4 is 5.32 Å². The number of nitrogens with zero attached hydrogens (tertiary/aromatic N) is 1. The first-order chi connectivity index (χ1) is 10.0. The lowest BCUT2D eigenvalue weighted by atomic mass is 9.99. The molecule has 1 N–H and O–H groups in total. The number of benzene rings is 1.